The summed E-state index contributed by atoms with van der Waals surface area (Å²) in [4.78, 5) is 68.5. The second kappa shape index (κ2) is 18.6. The molecule has 53 heavy (non-hydrogen) atoms. The molecule has 2 aliphatic rings. The van der Waals surface area contributed by atoms with E-state index in [9.17, 15) is 29.1 Å². The van der Waals surface area contributed by atoms with Crippen molar-refractivity contribution in [2.24, 2.45) is 0 Å². The number of carboxylic acid groups (broad SMARTS) is 1. The number of carbonyl (C=O) groups is 5. The molecule has 3 heterocycles. The van der Waals surface area contributed by atoms with Crippen LogP contribution in [0, 0.1) is 0 Å². The van der Waals surface area contributed by atoms with Crippen molar-refractivity contribution in [3.63, 3.8) is 0 Å². The molecule has 6 rings (SSSR count). The predicted octanol–water partition coefficient (Wildman–Crippen LogP) is 2.84. The minimum atomic E-state index is -1.32. The van der Waals surface area contributed by atoms with Gasteiger partial charge in [-0.15, -0.1) is 11.3 Å². The summed E-state index contributed by atoms with van der Waals surface area (Å²) < 4.78 is 16.5. The molecule has 0 radical (unpaired) electrons. The maximum absolute atomic E-state index is 14.2. The molecule has 0 saturated heterocycles. The summed E-state index contributed by atoms with van der Waals surface area (Å²) in [6, 6.07) is 19.8. The maximum Gasteiger partial charge on any atom is 0.326 e. The molecule has 13 nitrogen and oxygen atoms in total. The number of hydrogen-bond donors (Lipinski definition) is 5. The van der Waals surface area contributed by atoms with Crippen molar-refractivity contribution in [1.82, 2.24) is 21.3 Å². The molecule has 278 valence electrons. The number of amides is 4. The van der Waals surface area contributed by atoms with Gasteiger partial charge in [-0.05, 0) is 65.2 Å². The van der Waals surface area contributed by atoms with Crippen molar-refractivity contribution in [1.29, 1.82) is 0 Å². The fourth-order valence-electron chi connectivity index (χ4n) is 5.88. The van der Waals surface area contributed by atoms with E-state index in [2.05, 4.69) is 21.3 Å². The van der Waals surface area contributed by atoms with Crippen molar-refractivity contribution in [3.8, 4) is 17.2 Å². The Hall–Kier alpha value is -5.89. The Morgan fingerprint density at radius 3 is 2.09 bits per heavy atom. The van der Waals surface area contributed by atoms with Gasteiger partial charge in [0.25, 0.3) is 5.91 Å². The number of rotatable bonds is 10. The van der Waals surface area contributed by atoms with Crippen LogP contribution < -0.4 is 35.5 Å². The van der Waals surface area contributed by atoms with E-state index < -0.39 is 60.4 Å². The fraction of sp³-hybridized carbons (Fsp3) is 0.308. The lowest BCUT2D eigenvalue weighted by molar-refractivity contribution is -0.142. The van der Waals surface area contributed by atoms with Crippen molar-refractivity contribution in [2.45, 2.75) is 56.3 Å². The highest BCUT2D eigenvalue weighted by Gasteiger charge is 2.32. The third-order valence-corrected chi connectivity index (χ3v) is 9.60. The first-order valence-corrected chi connectivity index (χ1v) is 17.9. The van der Waals surface area contributed by atoms with E-state index in [-0.39, 0.29) is 25.7 Å². The summed E-state index contributed by atoms with van der Waals surface area (Å²) >= 11 is 1.41. The van der Waals surface area contributed by atoms with Crippen LogP contribution in [0.4, 0.5) is 0 Å². The number of methoxy groups -OCH3 is 2. The van der Waals surface area contributed by atoms with Gasteiger partial charge in [-0.2, -0.15) is 0 Å². The molecule has 0 fully saturated rings. The summed E-state index contributed by atoms with van der Waals surface area (Å²) in [5.41, 5.74) is 2.11. The molecular formula is C39H42N4O9S. The third kappa shape index (κ3) is 11.0. The molecule has 0 saturated carbocycles. The minimum Gasteiger partial charge on any atom is -0.493 e. The zero-order valence-corrected chi connectivity index (χ0v) is 30.2. The Morgan fingerprint density at radius 1 is 0.755 bits per heavy atom. The van der Waals surface area contributed by atoms with Crippen LogP contribution in [0.5, 0.6) is 17.2 Å². The molecule has 14 heteroatoms. The molecular weight excluding hydrogens is 701 g/mol. The van der Waals surface area contributed by atoms with Crippen LogP contribution in [0.15, 0.2) is 90.3 Å². The Balaban J connectivity index is 1.51. The van der Waals surface area contributed by atoms with E-state index in [1.165, 1.54) is 25.6 Å². The van der Waals surface area contributed by atoms with E-state index in [0.29, 0.717) is 34.8 Å². The number of nitrogens with one attached hydrogen (secondary N) is 4. The first kappa shape index (κ1) is 38.3. The fourth-order valence-corrected chi connectivity index (χ4v) is 6.63. The molecule has 0 spiro atoms. The highest BCUT2D eigenvalue weighted by molar-refractivity contribution is 7.09. The topological polar surface area (TPSA) is 181 Å². The molecule has 3 aromatic carbocycles. The van der Waals surface area contributed by atoms with Crippen LogP contribution in [0.25, 0.3) is 0 Å². The molecule has 4 atom stereocenters. The average Bonchev–Trinajstić information content (AvgIpc) is 3.68. The van der Waals surface area contributed by atoms with Crippen molar-refractivity contribution >= 4 is 40.9 Å². The Labute approximate surface area is 311 Å². The number of ether oxygens (including phenoxy) is 3. The molecule has 5 N–H and O–H groups in total. The van der Waals surface area contributed by atoms with Gasteiger partial charge >= 0.3 is 5.97 Å². The van der Waals surface area contributed by atoms with E-state index in [0.717, 1.165) is 10.4 Å². The molecule has 1 aromatic heterocycles. The second-order valence-corrected chi connectivity index (χ2v) is 13.5. The largest absolute Gasteiger partial charge is 0.493 e. The van der Waals surface area contributed by atoms with E-state index >= 15 is 0 Å². The standard InChI is InChI=1S/C39H42N4O9S/c1-50-33-17-13-26(21-34(33)51-2)20-30-37(46)41-29(16-12-24-7-4-3-5-8-24)36(45)43-32(39(48)49)19-25-10-14-27(15-11-25)52-23-35(44)40-31(38(47)42-30)22-28-9-6-18-53-28/h3-11,13-15,17-18,21,29-32H,12,16,19-20,22-23H2,1-2H3,(H,40,44)(H,41,46)(H,42,47)(H,43,45)(H,48,49)/t29-,30+,31-,32+/m1/s1. The Kier molecular flexibility index (Phi) is 13.4. The monoisotopic (exact) mass is 742 g/mol. The van der Waals surface area contributed by atoms with Crippen LogP contribution in [-0.4, -0.2) is 79.7 Å². The highest BCUT2D eigenvalue weighted by Crippen LogP contribution is 2.28. The first-order chi connectivity index (χ1) is 25.6. The summed E-state index contributed by atoms with van der Waals surface area (Å²) in [5.74, 6) is -2.62. The van der Waals surface area contributed by atoms with Gasteiger partial charge in [0.15, 0.2) is 18.1 Å². The van der Waals surface area contributed by atoms with Crippen LogP contribution in [-0.2, 0) is 49.7 Å². The lowest BCUT2D eigenvalue weighted by atomic mass is 10.0. The number of fused-ring (bicyclic) bond motifs is 16. The molecule has 4 amide bonds. The SMILES string of the molecule is COc1ccc(C[C@@H]2NC(=O)[C@@H](Cc3cccs3)NC(=O)COc3ccc(cc3)C[C@@H](C(=O)O)NC(=O)[C@@H](CCc3ccccc3)NC2=O)cc1OC. The lowest BCUT2D eigenvalue weighted by Crippen LogP contribution is -2.59. The predicted molar refractivity (Wildman–Crippen MR) is 197 cm³/mol. The number of carbonyl (C=O) groups excluding carboxylic acids is 4. The second-order valence-electron chi connectivity index (χ2n) is 12.5. The zero-order chi connectivity index (χ0) is 37.7. The maximum atomic E-state index is 14.2. The summed E-state index contributed by atoms with van der Waals surface area (Å²) in [6.45, 7) is -0.403. The van der Waals surface area contributed by atoms with Gasteiger partial charge in [-0.1, -0.05) is 54.6 Å². The van der Waals surface area contributed by atoms with Gasteiger partial charge in [0.2, 0.25) is 17.7 Å². The number of thiophene rings is 1. The summed E-state index contributed by atoms with van der Waals surface area (Å²) in [7, 11) is 2.97. The number of benzene rings is 3. The minimum absolute atomic E-state index is 0.0283. The van der Waals surface area contributed by atoms with Crippen molar-refractivity contribution < 1.29 is 43.3 Å². The van der Waals surface area contributed by atoms with Crippen molar-refractivity contribution in [2.75, 3.05) is 20.8 Å². The number of aryl methyl sites for hydroxylation is 1. The number of carboxylic acids is 1. The van der Waals surface area contributed by atoms with E-state index in [1.807, 2.05) is 47.8 Å². The third-order valence-electron chi connectivity index (χ3n) is 8.70. The molecule has 2 aliphatic heterocycles. The zero-order valence-electron chi connectivity index (χ0n) is 29.3. The van der Waals surface area contributed by atoms with Crippen LogP contribution in [0.2, 0.25) is 0 Å². The van der Waals surface area contributed by atoms with Gasteiger partial charge in [-0.3, -0.25) is 19.2 Å². The van der Waals surface area contributed by atoms with Gasteiger partial charge in [-0.25, -0.2) is 4.79 Å². The van der Waals surface area contributed by atoms with Gasteiger partial charge in [0, 0.05) is 24.1 Å². The molecule has 4 aromatic rings. The smallest absolute Gasteiger partial charge is 0.326 e. The first-order valence-electron chi connectivity index (χ1n) is 17.0. The van der Waals surface area contributed by atoms with Gasteiger partial charge in [0.05, 0.1) is 14.2 Å². The van der Waals surface area contributed by atoms with Crippen LogP contribution in [0.3, 0.4) is 0 Å². The summed E-state index contributed by atoms with van der Waals surface area (Å²) in [5, 5.41) is 22.9. The highest BCUT2D eigenvalue weighted by atomic mass is 32.1. The molecule has 2 bridgehead atoms. The number of aliphatic carboxylic acids is 1. The Morgan fingerprint density at radius 2 is 1.43 bits per heavy atom. The van der Waals surface area contributed by atoms with Crippen LogP contribution in [0.1, 0.15) is 28.0 Å². The van der Waals surface area contributed by atoms with Gasteiger partial charge in [0.1, 0.15) is 29.9 Å². The quantitative estimate of drug-likeness (QED) is 0.153. The summed E-state index contributed by atoms with van der Waals surface area (Å²) in [6.07, 6.45) is 0.588. The van der Waals surface area contributed by atoms with Crippen molar-refractivity contribution in [3.05, 3.63) is 112 Å². The van der Waals surface area contributed by atoms with Crippen LogP contribution >= 0.6 is 11.3 Å². The molecule has 0 aliphatic carbocycles. The van der Waals surface area contributed by atoms with E-state index in [4.69, 9.17) is 14.2 Å². The van der Waals surface area contributed by atoms with E-state index in [1.54, 1.807) is 42.5 Å². The lowest BCUT2D eigenvalue weighted by Gasteiger charge is -2.26. The molecule has 0 unspecified atom stereocenters. The average molecular weight is 743 g/mol. The normalized spacial score (nSPS) is 20.0. The number of hydrogen-bond acceptors (Lipinski definition) is 9. The Bertz CT molecular complexity index is 1870. The van der Waals surface area contributed by atoms with Gasteiger partial charge < -0.3 is 40.6 Å².